The van der Waals surface area contributed by atoms with Crippen LogP contribution in [-0.2, 0) is 4.79 Å². The first-order valence-corrected chi connectivity index (χ1v) is 4.42. The summed E-state index contributed by atoms with van der Waals surface area (Å²) in [5.74, 6) is -0.430. The van der Waals surface area contributed by atoms with Crippen LogP contribution in [0.2, 0.25) is 0 Å². The van der Waals surface area contributed by atoms with Gasteiger partial charge < -0.3 is 11.1 Å². The van der Waals surface area contributed by atoms with Gasteiger partial charge >= 0.3 is 0 Å². The van der Waals surface area contributed by atoms with E-state index < -0.39 is 5.91 Å². The van der Waals surface area contributed by atoms with Gasteiger partial charge in [0, 0.05) is 0 Å². The van der Waals surface area contributed by atoms with Crippen molar-refractivity contribution >= 4 is 22.6 Å². The lowest BCUT2D eigenvalue weighted by atomic mass is 10.2. The number of fused-ring (bicyclic) bond motifs is 1. The largest absolute Gasteiger partial charge is 0.374 e. The number of carbonyl (C=O) groups is 1. The van der Waals surface area contributed by atoms with Crippen molar-refractivity contribution in [3.05, 3.63) is 17.7 Å². The van der Waals surface area contributed by atoms with Gasteiger partial charge in [0.05, 0.1) is 12.2 Å². The molecule has 1 amide bonds. The Hall–Kier alpha value is -2.11. The number of hydrogen-bond donors (Lipinski definition) is 2. The number of aryl methyl sites for hydroxylation is 1. The molecule has 1 heterocycles. The van der Waals surface area contributed by atoms with Gasteiger partial charge in [-0.25, -0.2) is 4.63 Å². The van der Waals surface area contributed by atoms with Crippen molar-refractivity contribution in [3.63, 3.8) is 0 Å². The third-order valence-electron chi connectivity index (χ3n) is 2.07. The van der Waals surface area contributed by atoms with Gasteiger partial charge in [-0.15, -0.1) is 0 Å². The number of nitrogens with two attached hydrogens (primary N) is 1. The summed E-state index contributed by atoms with van der Waals surface area (Å²) in [4.78, 5) is 10.6. The van der Waals surface area contributed by atoms with Gasteiger partial charge in [-0.2, -0.15) is 0 Å². The van der Waals surface area contributed by atoms with Gasteiger partial charge in [0.15, 0.2) is 5.52 Å². The predicted molar refractivity (Wildman–Crippen MR) is 54.2 cm³/mol. The molecule has 3 N–H and O–H groups in total. The second-order valence-corrected chi connectivity index (χ2v) is 3.21. The normalized spacial score (nSPS) is 10.5. The van der Waals surface area contributed by atoms with E-state index in [0.717, 1.165) is 5.56 Å². The van der Waals surface area contributed by atoms with E-state index in [0.29, 0.717) is 16.7 Å². The van der Waals surface area contributed by atoms with E-state index in [-0.39, 0.29) is 6.54 Å². The Morgan fingerprint density at radius 1 is 1.47 bits per heavy atom. The molecule has 0 bridgehead atoms. The third kappa shape index (κ3) is 1.74. The maximum absolute atomic E-state index is 10.6. The van der Waals surface area contributed by atoms with Gasteiger partial charge in [-0.05, 0) is 28.9 Å². The SMILES string of the molecule is Cc1ccc(NCC(N)=O)c2nonc12. The van der Waals surface area contributed by atoms with Crippen LogP contribution in [0.5, 0.6) is 0 Å². The molecule has 2 aromatic rings. The lowest BCUT2D eigenvalue weighted by Crippen LogP contribution is -2.21. The van der Waals surface area contributed by atoms with Crippen LogP contribution in [0.15, 0.2) is 16.8 Å². The highest BCUT2D eigenvalue weighted by molar-refractivity contribution is 5.91. The molecule has 0 radical (unpaired) electrons. The lowest BCUT2D eigenvalue weighted by Gasteiger charge is -2.03. The Morgan fingerprint density at radius 3 is 2.93 bits per heavy atom. The van der Waals surface area contributed by atoms with Gasteiger partial charge in [-0.1, -0.05) is 6.07 Å². The van der Waals surface area contributed by atoms with Crippen LogP contribution in [0.25, 0.3) is 11.0 Å². The number of carbonyl (C=O) groups excluding carboxylic acids is 1. The Kier molecular flexibility index (Phi) is 2.24. The summed E-state index contributed by atoms with van der Waals surface area (Å²) in [7, 11) is 0. The average molecular weight is 206 g/mol. The Morgan fingerprint density at radius 2 is 2.20 bits per heavy atom. The van der Waals surface area contributed by atoms with Crippen molar-refractivity contribution in [2.45, 2.75) is 6.92 Å². The third-order valence-corrected chi connectivity index (χ3v) is 2.07. The van der Waals surface area contributed by atoms with Crippen molar-refractivity contribution in [2.24, 2.45) is 5.73 Å². The minimum absolute atomic E-state index is 0.0605. The molecule has 0 aliphatic carbocycles. The highest BCUT2D eigenvalue weighted by Crippen LogP contribution is 2.22. The highest BCUT2D eigenvalue weighted by Gasteiger charge is 2.09. The summed E-state index contributed by atoms with van der Waals surface area (Å²) < 4.78 is 4.64. The molecule has 0 aliphatic heterocycles. The molecule has 1 aromatic heterocycles. The summed E-state index contributed by atoms with van der Waals surface area (Å²) in [5, 5.41) is 10.4. The monoisotopic (exact) mass is 206 g/mol. The zero-order valence-electron chi connectivity index (χ0n) is 8.15. The maximum Gasteiger partial charge on any atom is 0.236 e. The molecule has 6 nitrogen and oxygen atoms in total. The molecule has 2 rings (SSSR count). The van der Waals surface area contributed by atoms with Crippen LogP contribution in [0.1, 0.15) is 5.56 Å². The van der Waals surface area contributed by atoms with Crippen molar-refractivity contribution in [3.8, 4) is 0 Å². The number of rotatable bonds is 3. The van der Waals surface area contributed by atoms with E-state index in [2.05, 4.69) is 20.3 Å². The molecule has 0 saturated heterocycles. The molecule has 0 atom stereocenters. The molecule has 6 heteroatoms. The molecular weight excluding hydrogens is 196 g/mol. The van der Waals surface area contributed by atoms with Crippen molar-refractivity contribution in [1.82, 2.24) is 10.3 Å². The molecular formula is C9H10N4O2. The maximum atomic E-state index is 10.6. The first kappa shape index (κ1) is 9.45. The standard InChI is InChI=1S/C9H10N4O2/c1-5-2-3-6(11-4-7(10)14)9-8(5)12-15-13-9/h2-3,11H,4H2,1H3,(H2,10,14). The van der Waals surface area contributed by atoms with E-state index in [1.165, 1.54) is 0 Å². The van der Waals surface area contributed by atoms with Crippen LogP contribution < -0.4 is 11.1 Å². The number of aromatic nitrogens is 2. The van der Waals surface area contributed by atoms with Gasteiger partial charge in [0.25, 0.3) is 0 Å². The molecule has 1 aromatic carbocycles. The number of amides is 1. The Bertz CT molecular complexity index is 506. The molecule has 0 fully saturated rings. The highest BCUT2D eigenvalue weighted by atomic mass is 16.6. The van der Waals surface area contributed by atoms with E-state index in [4.69, 9.17) is 5.73 Å². The molecule has 0 unspecified atom stereocenters. The zero-order chi connectivity index (χ0) is 10.8. The summed E-state index contributed by atoms with van der Waals surface area (Å²) in [6.45, 7) is 1.97. The van der Waals surface area contributed by atoms with Crippen molar-refractivity contribution in [1.29, 1.82) is 0 Å². The van der Waals surface area contributed by atoms with Crippen LogP contribution in [0, 0.1) is 6.92 Å². The molecule has 0 saturated carbocycles. The first-order valence-electron chi connectivity index (χ1n) is 4.42. The number of hydrogen-bond acceptors (Lipinski definition) is 5. The fourth-order valence-electron chi connectivity index (χ4n) is 1.32. The minimum Gasteiger partial charge on any atom is -0.374 e. The van der Waals surface area contributed by atoms with E-state index in [1.807, 2.05) is 19.1 Å². The van der Waals surface area contributed by atoms with Crippen molar-refractivity contribution in [2.75, 3.05) is 11.9 Å². The summed E-state index contributed by atoms with van der Waals surface area (Å²) in [6, 6.07) is 3.68. The van der Waals surface area contributed by atoms with Crippen LogP contribution in [0.4, 0.5) is 5.69 Å². The minimum atomic E-state index is -0.430. The number of nitrogens with zero attached hydrogens (tertiary/aromatic N) is 2. The van der Waals surface area contributed by atoms with E-state index >= 15 is 0 Å². The first-order chi connectivity index (χ1) is 7.18. The van der Waals surface area contributed by atoms with Gasteiger partial charge in [-0.3, -0.25) is 4.79 Å². The Labute approximate surface area is 85.4 Å². The van der Waals surface area contributed by atoms with E-state index in [9.17, 15) is 4.79 Å². The fourth-order valence-corrected chi connectivity index (χ4v) is 1.32. The second kappa shape index (κ2) is 3.56. The molecule has 0 aliphatic rings. The van der Waals surface area contributed by atoms with E-state index in [1.54, 1.807) is 0 Å². The predicted octanol–water partition coefficient (Wildman–Crippen LogP) is 0.428. The summed E-state index contributed by atoms with van der Waals surface area (Å²) in [5.41, 5.74) is 7.98. The van der Waals surface area contributed by atoms with Gasteiger partial charge in [0.1, 0.15) is 5.52 Å². The number of anilines is 1. The second-order valence-electron chi connectivity index (χ2n) is 3.21. The molecule has 78 valence electrons. The van der Waals surface area contributed by atoms with Gasteiger partial charge in [0.2, 0.25) is 5.91 Å². The quantitative estimate of drug-likeness (QED) is 0.759. The molecule has 0 spiro atoms. The average Bonchev–Trinajstić information content (AvgIpc) is 2.66. The Balaban J connectivity index is 2.39. The van der Waals surface area contributed by atoms with Crippen molar-refractivity contribution < 1.29 is 9.42 Å². The fraction of sp³-hybridized carbons (Fsp3) is 0.222. The zero-order valence-corrected chi connectivity index (χ0v) is 8.15. The number of nitrogens with one attached hydrogen (secondary N) is 1. The van der Waals surface area contributed by atoms with Crippen LogP contribution in [0.3, 0.4) is 0 Å². The lowest BCUT2D eigenvalue weighted by molar-refractivity contribution is -0.116. The summed E-state index contributed by atoms with van der Waals surface area (Å²) >= 11 is 0. The molecule has 15 heavy (non-hydrogen) atoms. The topological polar surface area (TPSA) is 94.0 Å². The van der Waals surface area contributed by atoms with Crippen LogP contribution in [-0.4, -0.2) is 22.8 Å². The van der Waals surface area contributed by atoms with Crippen LogP contribution >= 0.6 is 0 Å². The number of primary amides is 1. The smallest absolute Gasteiger partial charge is 0.236 e. The summed E-state index contributed by atoms with van der Waals surface area (Å²) in [6.07, 6.45) is 0. The number of benzene rings is 1.